The van der Waals surface area contributed by atoms with E-state index >= 15 is 0 Å². The van der Waals surface area contributed by atoms with Crippen LogP contribution in [0, 0.1) is 0 Å². The molecule has 1 aliphatic rings. The van der Waals surface area contributed by atoms with Crippen LogP contribution in [0.1, 0.15) is 5.56 Å². The summed E-state index contributed by atoms with van der Waals surface area (Å²) in [5, 5.41) is 10.5. The van der Waals surface area contributed by atoms with Crippen molar-refractivity contribution >= 4 is 11.6 Å². The number of aromatic hydroxyl groups is 1. The van der Waals surface area contributed by atoms with E-state index in [1.165, 1.54) is 0 Å². The number of benzene rings is 1. The number of halogens is 1. The summed E-state index contributed by atoms with van der Waals surface area (Å²) in [7, 11) is 4.22. The highest BCUT2D eigenvalue weighted by molar-refractivity contribution is 6.30. The largest absolute Gasteiger partial charge is 0.508 e. The first-order valence-electron chi connectivity index (χ1n) is 7.11. The van der Waals surface area contributed by atoms with Crippen LogP contribution in [0.5, 0.6) is 5.75 Å². The summed E-state index contributed by atoms with van der Waals surface area (Å²) >= 11 is 5.99. The van der Waals surface area contributed by atoms with E-state index in [1.54, 1.807) is 12.1 Å². The molecule has 0 aromatic heterocycles. The van der Waals surface area contributed by atoms with Crippen molar-refractivity contribution < 1.29 is 5.11 Å². The Morgan fingerprint density at radius 2 is 1.80 bits per heavy atom. The van der Waals surface area contributed by atoms with Crippen molar-refractivity contribution in [2.45, 2.75) is 6.54 Å². The molecule has 1 aliphatic heterocycles. The first-order valence-corrected chi connectivity index (χ1v) is 7.49. The summed E-state index contributed by atoms with van der Waals surface area (Å²) in [4.78, 5) is 7.09. The molecule has 0 aliphatic carbocycles. The van der Waals surface area contributed by atoms with Gasteiger partial charge < -0.3 is 10.0 Å². The summed E-state index contributed by atoms with van der Waals surface area (Å²) in [5.41, 5.74) is 0.916. The van der Waals surface area contributed by atoms with E-state index in [0.29, 0.717) is 10.8 Å². The van der Waals surface area contributed by atoms with Gasteiger partial charge in [0, 0.05) is 56.4 Å². The summed E-state index contributed by atoms with van der Waals surface area (Å²) in [6.07, 6.45) is 0. The number of phenols is 1. The molecule has 1 heterocycles. The highest BCUT2D eigenvalue weighted by Crippen LogP contribution is 2.23. The lowest BCUT2D eigenvalue weighted by Crippen LogP contribution is -2.47. The summed E-state index contributed by atoms with van der Waals surface area (Å²) in [6, 6.07) is 5.25. The Bertz CT molecular complexity index is 431. The van der Waals surface area contributed by atoms with Crippen LogP contribution >= 0.6 is 11.6 Å². The molecule has 4 nitrogen and oxygen atoms in total. The van der Waals surface area contributed by atoms with E-state index in [-0.39, 0.29) is 0 Å². The van der Waals surface area contributed by atoms with Crippen LogP contribution in [0.4, 0.5) is 0 Å². The van der Waals surface area contributed by atoms with Gasteiger partial charge in [-0.15, -0.1) is 0 Å². The summed E-state index contributed by atoms with van der Waals surface area (Å²) in [5.74, 6) is 0.337. The van der Waals surface area contributed by atoms with Crippen molar-refractivity contribution in [3.63, 3.8) is 0 Å². The number of phenolic OH excluding ortho intramolecular Hbond substituents is 1. The molecular weight excluding hydrogens is 274 g/mol. The van der Waals surface area contributed by atoms with Gasteiger partial charge in [0.15, 0.2) is 0 Å². The minimum absolute atomic E-state index is 0.337. The van der Waals surface area contributed by atoms with Gasteiger partial charge in [-0.1, -0.05) is 11.6 Å². The van der Waals surface area contributed by atoms with Crippen LogP contribution in [0.15, 0.2) is 18.2 Å². The number of likely N-dealkylation sites (N-methyl/N-ethyl adjacent to an activating group) is 1. The average Bonchev–Trinajstić information content (AvgIpc) is 2.42. The molecule has 112 valence electrons. The second kappa shape index (κ2) is 7.27. The first-order chi connectivity index (χ1) is 9.54. The van der Waals surface area contributed by atoms with Crippen molar-refractivity contribution in [2.24, 2.45) is 0 Å². The molecule has 5 heteroatoms. The fraction of sp³-hybridized carbons (Fsp3) is 0.600. The number of rotatable bonds is 5. The maximum Gasteiger partial charge on any atom is 0.120 e. The monoisotopic (exact) mass is 297 g/mol. The summed E-state index contributed by atoms with van der Waals surface area (Å²) in [6.45, 7) is 7.27. The molecule has 1 saturated heterocycles. The van der Waals surface area contributed by atoms with E-state index in [4.69, 9.17) is 11.6 Å². The van der Waals surface area contributed by atoms with E-state index in [0.717, 1.165) is 51.4 Å². The molecule has 20 heavy (non-hydrogen) atoms. The second-order valence-corrected chi connectivity index (χ2v) is 6.13. The van der Waals surface area contributed by atoms with Gasteiger partial charge in [-0.25, -0.2) is 0 Å². The van der Waals surface area contributed by atoms with Crippen molar-refractivity contribution in [1.29, 1.82) is 0 Å². The van der Waals surface area contributed by atoms with Gasteiger partial charge in [0.2, 0.25) is 0 Å². The van der Waals surface area contributed by atoms with Gasteiger partial charge in [-0.3, -0.25) is 9.80 Å². The maximum absolute atomic E-state index is 9.86. The first kappa shape index (κ1) is 15.6. The zero-order valence-corrected chi connectivity index (χ0v) is 13.1. The van der Waals surface area contributed by atoms with Gasteiger partial charge in [-0.05, 0) is 32.3 Å². The van der Waals surface area contributed by atoms with Gasteiger partial charge in [-0.2, -0.15) is 0 Å². The van der Waals surface area contributed by atoms with Crippen molar-refractivity contribution in [1.82, 2.24) is 14.7 Å². The Morgan fingerprint density at radius 3 is 2.45 bits per heavy atom. The molecule has 0 bridgehead atoms. The topological polar surface area (TPSA) is 30.0 Å². The fourth-order valence-electron chi connectivity index (χ4n) is 2.43. The lowest BCUT2D eigenvalue weighted by atomic mass is 10.1. The molecule has 0 saturated carbocycles. The lowest BCUT2D eigenvalue weighted by Gasteiger charge is -2.35. The van der Waals surface area contributed by atoms with Crippen LogP contribution < -0.4 is 0 Å². The number of piperazine rings is 1. The highest BCUT2D eigenvalue weighted by Gasteiger charge is 2.17. The normalized spacial score (nSPS) is 17.8. The molecule has 0 spiro atoms. The Balaban J connectivity index is 1.81. The molecule has 1 aromatic carbocycles. The molecule has 0 unspecified atom stereocenters. The van der Waals surface area contributed by atoms with Gasteiger partial charge in [0.05, 0.1) is 0 Å². The zero-order valence-electron chi connectivity index (χ0n) is 12.3. The fourth-order valence-corrected chi connectivity index (χ4v) is 2.63. The lowest BCUT2D eigenvalue weighted by molar-refractivity contribution is 0.120. The minimum atomic E-state index is 0.337. The Hall–Kier alpha value is -0.810. The van der Waals surface area contributed by atoms with E-state index in [2.05, 4.69) is 28.8 Å². The predicted octanol–water partition coefficient (Wildman–Crippen LogP) is 1.72. The summed E-state index contributed by atoms with van der Waals surface area (Å²) < 4.78 is 0. The molecule has 2 rings (SSSR count). The minimum Gasteiger partial charge on any atom is -0.508 e. The van der Waals surface area contributed by atoms with Crippen molar-refractivity contribution in [3.05, 3.63) is 28.8 Å². The van der Waals surface area contributed by atoms with Crippen molar-refractivity contribution in [2.75, 3.05) is 53.4 Å². The molecular formula is C15H24ClN3O. The van der Waals surface area contributed by atoms with Crippen LogP contribution in [-0.2, 0) is 6.54 Å². The predicted molar refractivity (Wildman–Crippen MR) is 83.4 cm³/mol. The van der Waals surface area contributed by atoms with Gasteiger partial charge in [0.25, 0.3) is 0 Å². The molecule has 0 atom stereocenters. The molecule has 1 aromatic rings. The third-order valence-corrected chi connectivity index (χ3v) is 4.00. The maximum atomic E-state index is 9.86. The van der Waals surface area contributed by atoms with Gasteiger partial charge in [0.1, 0.15) is 5.75 Å². The van der Waals surface area contributed by atoms with Crippen LogP contribution in [0.3, 0.4) is 0 Å². The smallest absolute Gasteiger partial charge is 0.120 e. The van der Waals surface area contributed by atoms with Crippen LogP contribution in [0.2, 0.25) is 5.02 Å². The number of hydrogen-bond acceptors (Lipinski definition) is 4. The highest BCUT2D eigenvalue weighted by atomic mass is 35.5. The molecule has 1 fully saturated rings. The van der Waals surface area contributed by atoms with Crippen LogP contribution in [0.25, 0.3) is 0 Å². The third kappa shape index (κ3) is 4.63. The zero-order chi connectivity index (χ0) is 14.5. The Labute approximate surface area is 126 Å². The van der Waals surface area contributed by atoms with Crippen molar-refractivity contribution in [3.8, 4) is 5.75 Å². The Kier molecular flexibility index (Phi) is 5.66. The Morgan fingerprint density at radius 1 is 1.15 bits per heavy atom. The second-order valence-electron chi connectivity index (χ2n) is 5.69. The average molecular weight is 298 g/mol. The van der Waals surface area contributed by atoms with Gasteiger partial charge >= 0.3 is 0 Å². The van der Waals surface area contributed by atoms with Crippen LogP contribution in [-0.4, -0.2) is 73.2 Å². The third-order valence-electron chi connectivity index (χ3n) is 3.76. The molecule has 0 amide bonds. The standard InChI is InChI=1S/C15H24ClN3O/c1-17(2)5-6-18-7-9-19(10-8-18)12-13-11-14(16)3-4-15(13)20/h3-4,11,20H,5-10,12H2,1-2H3. The van der Waals surface area contributed by atoms with E-state index in [9.17, 15) is 5.11 Å². The number of hydrogen-bond donors (Lipinski definition) is 1. The van der Waals surface area contributed by atoms with E-state index < -0.39 is 0 Å². The SMILES string of the molecule is CN(C)CCN1CCN(Cc2cc(Cl)ccc2O)CC1. The molecule has 0 radical (unpaired) electrons. The quantitative estimate of drug-likeness (QED) is 0.896. The van der Waals surface area contributed by atoms with E-state index in [1.807, 2.05) is 6.07 Å². The molecule has 1 N–H and O–H groups in total. The number of nitrogens with zero attached hydrogens (tertiary/aromatic N) is 3.